The fourth-order valence-corrected chi connectivity index (χ4v) is 1.14. The molecule has 0 saturated heterocycles. The largest absolute Gasteiger partial charge is 0.352 e. The van der Waals surface area contributed by atoms with E-state index in [0.29, 0.717) is 18.5 Å². The van der Waals surface area contributed by atoms with Crippen molar-refractivity contribution in [3.8, 4) is 0 Å². The number of alkyl halides is 2. The van der Waals surface area contributed by atoms with Gasteiger partial charge in [-0.05, 0) is 18.6 Å². The number of ether oxygens (including phenoxy) is 1. The Bertz CT molecular complexity index is 317. The molecule has 5 heteroatoms. The SMILES string of the molecule is O=C(NCCCOC(F)F)c1ccccc1. The molecule has 3 nitrogen and oxygen atoms in total. The minimum Gasteiger partial charge on any atom is -0.352 e. The van der Waals surface area contributed by atoms with Crippen LogP contribution in [0.1, 0.15) is 16.8 Å². The summed E-state index contributed by atoms with van der Waals surface area (Å²) >= 11 is 0. The average Bonchev–Trinajstić information content (AvgIpc) is 2.29. The van der Waals surface area contributed by atoms with Crippen LogP contribution in [-0.2, 0) is 4.74 Å². The van der Waals surface area contributed by atoms with Crippen molar-refractivity contribution in [3.05, 3.63) is 35.9 Å². The highest BCUT2D eigenvalue weighted by atomic mass is 19.3. The van der Waals surface area contributed by atoms with Gasteiger partial charge in [0, 0.05) is 12.1 Å². The van der Waals surface area contributed by atoms with Gasteiger partial charge in [0.05, 0.1) is 6.61 Å². The van der Waals surface area contributed by atoms with Crippen molar-refractivity contribution >= 4 is 5.91 Å². The number of hydrogen-bond donors (Lipinski definition) is 1. The van der Waals surface area contributed by atoms with Gasteiger partial charge in [0.2, 0.25) is 0 Å². The number of carbonyl (C=O) groups excluding carboxylic acids is 1. The third kappa shape index (κ3) is 4.84. The minimum atomic E-state index is -2.75. The fourth-order valence-electron chi connectivity index (χ4n) is 1.14. The molecular weight excluding hydrogens is 216 g/mol. The monoisotopic (exact) mass is 229 g/mol. The van der Waals surface area contributed by atoms with Gasteiger partial charge in [0.1, 0.15) is 0 Å². The molecule has 0 aliphatic carbocycles. The predicted molar refractivity (Wildman–Crippen MR) is 55.3 cm³/mol. The van der Waals surface area contributed by atoms with Gasteiger partial charge >= 0.3 is 6.61 Å². The van der Waals surface area contributed by atoms with Gasteiger partial charge < -0.3 is 10.1 Å². The van der Waals surface area contributed by atoms with E-state index in [9.17, 15) is 13.6 Å². The molecule has 0 aliphatic rings. The van der Waals surface area contributed by atoms with E-state index in [1.54, 1.807) is 24.3 Å². The first kappa shape index (κ1) is 12.6. The Hall–Kier alpha value is -1.49. The number of halogens is 2. The van der Waals surface area contributed by atoms with Crippen LogP contribution in [-0.4, -0.2) is 25.7 Å². The molecule has 1 aromatic carbocycles. The molecule has 0 aromatic heterocycles. The predicted octanol–water partition coefficient (Wildman–Crippen LogP) is 2.05. The van der Waals surface area contributed by atoms with Crippen LogP contribution in [0, 0.1) is 0 Å². The maximum atomic E-state index is 11.6. The van der Waals surface area contributed by atoms with Crippen LogP contribution in [0.3, 0.4) is 0 Å². The van der Waals surface area contributed by atoms with E-state index in [1.807, 2.05) is 6.07 Å². The third-order valence-electron chi connectivity index (χ3n) is 1.89. The highest BCUT2D eigenvalue weighted by Crippen LogP contribution is 1.98. The highest BCUT2D eigenvalue weighted by Gasteiger charge is 2.04. The maximum absolute atomic E-state index is 11.6. The summed E-state index contributed by atoms with van der Waals surface area (Å²) < 4.78 is 27.2. The molecule has 88 valence electrons. The van der Waals surface area contributed by atoms with Crippen LogP contribution in [0.2, 0.25) is 0 Å². The number of carbonyl (C=O) groups is 1. The lowest BCUT2D eigenvalue weighted by Crippen LogP contribution is -2.25. The van der Waals surface area contributed by atoms with Gasteiger partial charge in [-0.2, -0.15) is 8.78 Å². The molecule has 0 fully saturated rings. The fraction of sp³-hybridized carbons (Fsp3) is 0.364. The summed E-state index contributed by atoms with van der Waals surface area (Å²) in [7, 11) is 0. The van der Waals surface area contributed by atoms with Crippen LogP contribution in [0.4, 0.5) is 8.78 Å². The number of nitrogens with one attached hydrogen (secondary N) is 1. The van der Waals surface area contributed by atoms with E-state index in [1.165, 1.54) is 0 Å². The second-order valence-electron chi connectivity index (χ2n) is 3.11. The zero-order valence-corrected chi connectivity index (χ0v) is 8.66. The van der Waals surface area contributed by atoms with Crippen LogP contribution in [0.25, 0.3) is 0 Å². The van der Waals surface area contributed by atoms with Gasteiger partial charge in [0.25, 0.3) is 5.91 Å². The summed E-state index contributed by atoms with van der Waals surface area (Å²) in [5.41, 5.74) is 0.553. The summed E-state index contributed by atoms with van der Waals surface area (Å²) in [4.78, 5) is 11.4. The van der Waals surface area contributed by atoms with Crippen LogP contribution in [0.15, 0.2) is 30.3 Å². The minimum absolute atomic E-state index is 0.0628. The standard InChI is InChI=1S/C11H13F2NO2/c12-11(13)16-8-4-7-14-10(15)9-5-2-1-3-6-9/h1-3,5-6,11H,4,7-8H2,(H,14,15). The van der Waals surface area contributed by atoms with Crippen LogP contribution >= 0.6 is 0 Å². The molecule has 0 aliphatic heterocycles. The summed E-state index contributed by atoms with van der Waals surface area (Å²) in [6, 6.07) is 8.70. The van der Waals surface area contributed by atoms with Crippen molar-refractivity contribution in [3.63, 3.8) is 0 Å². The summed E-state index contributed by atoms with van der Waals surface area (Å²) in [6.07, 6.45) is 0.364. The zero-order valence-electron chi connectivity index (χ0n) is 8.66. The van der Waals surface area contributed by atoms with Gasteiger partial charge in [0.15, 0.2) is 0 Å². The Labute approximate surface area is 92.4 Å². The number of hydrogen-bond acceptors (Lipinski definition) is 2. The Morgan fingerprint density at radius 2 is 2.00 bits per heavy atom. The molecule has 1 aromatic rings. The number of amides is 1. The molecule has 0 unspecified atom stereocenters. The van der Waals surface area contributed by atoms with Crippen molar-refractivity contribution in [1.82, 2.24) is 5.32 Å². The first-order valence-electron chi connectivity index (χ1n) is 4.93. The van der Waals surface area contributed by atoms with E-state index >= 15 is 0 Å². The number of rotatable bonds is 6. The topological polar surface area (TPSA) is 38.3 Å². The Morgan fingerprint density at radius 3 is 2.62 bits per heavy atom. The number of benzene rings is 1. The normalized spacial score (nSPS) is 10.4. The van der Waals surface area contributed by atoms with Crippen molar-refractivity contribution in [1.29, 1.82) is 0 Å². The molecule has 0 radical (unpaired) electrons. The molecule has 1 N–H and O–H groups in total. The quantitative estimate of drug-likeness (QED) is 0.758. The Kier molecular flexibility index (Phi) is 5.42. The molecule has 0 heterocycles. The molecule has 16 heavy (non-hydrogen) atoms. The summed E-state index contributed by atoms with van der Waals surface area (Å²) in [6.45, 7) is -2.49. The molecule has 1 amide bonds. The van der Waals surface area contributed by atoms with Crippen molar-refractivity contribution in [2.75, 3.05) is 13.2 Å². The van der Waals surface area contributed by atoms with Crippen molar-refractivity contribution < 1.29 is 18.3 Å². The van der Waals surface area contributed by atoms with E-state index < -0.39 is 6.61 Å². The molecule has 0 bridgehead atoms. The second kappa shape index (κ2) is 6.90. The molecule has 1 rings (SSSR count). The molecule has 0 atom stereocenters. The van der Waals surface area contributed by atoms with E-state index in [-0.39, 0.29) is 12.5 Å². The van der Waals surface area contributed by atoms with E-state index in [4.69, 9.17) is 0 Å². The third-order valence-corrected chi connectivity index (χ3v) is 1.89. The summed E-state index contributed by atoms with van der Waals surface area (Å²) in [5.74, 6) is -0.211. The lowest BCUT2D eigenvalue weighted by atomic mass is 10.2. The molecule has 0 spiro atoms. The highest BCUT2D eigenvalue weighted by molar-refractivity contribution is 5.94. The van der Waals surface area contributed by atoms with Gasteiger partial charge in [-0.3, -0.25) is 4.79 Å². The van der Waals surface area contributed by atoms with E-state index in [2.05, 4.69) is 10.1 Å². The lowest BCUT2D eigenvalue weighted by Gasteiger charge is -2.05. The average molecular weight is 229 g/mol. The van der Waals surface area contributed by atoms with Crippen LogP contribution < -0.4 is 5.32 Å². The van der Waals surface area contributed by atoms with Gasteiger partial charge in [-0.25, -0.2) is 0 Å². The first-order valence-corrected chi connectivity index (χ1v) is 4.93. The van der Waals surface area contributed by atoms with Crippen LogP contribution in [0.5, 0.6) is 0 Å². The Morgan fingerprint density at radius 1 is 1.31 bits per heavy atom. The molecular formula is C11H13F2NO2. The molecule has 0 saturated carbocycles. The Balaban J connectivity index is 2.16. The first-order chi connectivity index (χ1) is 7.70. The van der Waals surface area contributed by atoms with Crippen molar-refractivity contribution in [2.24, 2.45) is 0 Å². The smallest absolute Gasteiger partial charge is 0.345 e. The van der Waals surface area contributed by atoms with Gasteiger partial charge in [-0.15, -0.1) is 0 Å². The zero-order chi connectivity index (χ0) is 11.8. The van der Waals surface area contributed by atoms with Gasteiger partial charge in [-0.1, -0.05) is 18.2 Å². The second-order valence-corrected chi connectivity index (χ2v) is 3.11. The lowest BCUT2D eigenvalue weighted by molar-refractivity contribution is -0.128. The summed E-state index contributed by atoms with van der Waals surface area (Å²) in [5, 5.41) is 2.61. The van der Waals surface area contributed by atoms with E-state index in [0.717, 1.165) is 0 Å². The van der Waals surface area contributed by atoms with Crippen molar-refractivity contribution in [2.45, 2.75) is 13.0 Å². The maximum Gasteiger partial charge on any atom is 0.345 e.